The van der Waals surface area contributed by atoms with Crippen molar-refractivity contribution in [3.63, 3.8) is 0 Å². The fourth-order valence-electron chi connectivity index (χ4n) is 2.28. The quantitative estimate of drug-likeness (QED) is 0.421. The van der Waals surface area contributed by atoms with Crippen molar-refractivity contribution in [2.24, 2.45) is 0 Å². The Morgan fingerprint density at radius 1 is 0.857 bits per heavy atom. The van der Waals surface area contributed by atoms with Gasteiger partial charge in [0.1, 0.15) is 0 Å². The molecule has 0 bridgehead atoms. The highest BCUT2D eigenvalue weighted by atomic mass is 79.9. The zero-order valence-corrected chi connectivity index (χ0v) is 12.9. The number of halogens is 1. The molecule has 5 heteroatoms. The molecule has 2 N–H and O–H groups in total. The highest BCUT2D eigenvalue weighted by Gasteiger charge is 2.11. The highest BCUT2D eigenvalue weighted by molar-refractivity contribution is 6.58. The maximum Gasteiger partial charge on any atom is 0.488 e. The molecule has 3 aromatic rings. The van der Waals surface area contributed by atoms with Gasteiger partial charge in [-0.2, -0.15) is 0 Å². The van der Waals surface area contributed by atoms with Crippen molar-refractivity contribution in [3.8, 4) is 0 Å². The zero-order valence-electron chi connectivity index (χ0n) is 11.4. The van der Waals surface area contributed by atoms with Crippen LogP contribution in [0.1, 0.15) is 5.56 Å². The molecule has 0 aliphatic carbocycles. The van der Waals surface area contributed by atoms with Gasteiger partial charge in [0.25, 0.3) is 0 Å². The Labute approximate surface area is 134 Å². The summed E-state index contributed by atoms with van der Waals surface area (Å²) >= 11 is 0. The first-order chi connectivity index (χ1) is 9.72. The summed E-state index contributed by atoms with van der Waals surface area (Å²) in [6.45, 7) is 0.757. The van der Waals surface area contributed by atoms with Crippen LogP contribution in [0.25, 0.3) is 10.8 Å². The molecule has 0 radical (unpaired) electrons. The molecule has 21 heavy (non-hydrogen) atoms. The summed E-state index contributed by atoms with van der Waals surface area (Å²) < 4.78 is 2.12. The highest BCUT2D eigenvalue weighted by Crippen LogP contribution is 2.10. The molecule has 3 rings (SSSR count). The van der Waals surface area contributed by atoms with Crippen molar-refractivity contribution >= 4 is 23.4 Å². The number of nitrogens with zero attached hydrogens (tertiary/aromatic N) is 1. The number of pyridine rings is 1. The lowest BCUT2D eigenvalue weighted by Gasteiger charge is -2.02. The summed E-state index contributed by atoms with van der Waals surface area (Å²) in [6.07, 6.45) is 4.17. The molecule has 0 spiro atoms. The summed E-state index contributed by atoms with van der Waals surface area (Å²) in [5.41, 5.74) is 1.63. The predicted molar refractivity (Wildman–Crippen MR) is 79.5 cm³/mol. The molecule has 1 aromatic heterocycles. The second-order valence-electron chi connectivity index (χ2n) is 4.86. The minimum absolute atomic E-state index is 0. The summed E-state index contributed by atoms with van der Waals surface area (Å²) in [6, 6.07) is 17.7. The molecular weight excluding hydrogens is 329 g/mol. The van der Waals surface area contributed by atoms with Gasteiger partial charge in [0.05, 0.1) is 0 Å². The van der Waals surface area contributed by atoms with E-state index in [2.05, 4.69) is 35.2 Å². The zero-order chi connectivity index (χ0) is 13.9. The van der Waals surface area contributed by atoms with Gasteiger partial charge in [0.15, 0.2) is 18.9 Å². The molecule has 0 saturated heterocycles. The molecule has 0 amide bonds. The van der Waals surface area contributed by atoms with Gasteiger partial charge < -0.3 is 27.0 Å². The van der Waals surface area contributed by atoms with Crippen LogP contribution in [0.5, 0.6) is 0 Å². The average Bonchev–Trinajstić information content (AvgIpc) is 2.48. The van der Waals surface area contributed by atoms with E-state index < -0.39 is 7.12 Å². The Morgan fingerprint density at radius 3 is 2.19 bits per heavy atom. The van der Waals surface area contributed by atoms with E-state index in [1.54, 1.807) is 12.1 Å². The fourth-order valence-corrected chi connectivity index (χ4v) is 2.28. The van der Waals surface area contributed by atoms with E-state index in [1.165, 1.54) is 10.8 Å². The van der Waals surface area contributed by atoms with Crippen LogP contribution in [0, 0.1) is 0 Å². The normalized spacial score (nSPS) is 10.2. The summed E-state index contributed by atoms with van der Waals surface area (Å²) in [4.78, 5) is 0. The van der Waals surface area contributed by atoms with Crippen molar-refractivity contribution in [3.05, 3.63) is 72.6 Å². The van der Waals surface area contributed by atoms with E-state index >= 15 is 0 Å². The van der Waals surface area contributed by atoms with Gasteiger partial charge >= 0.3 is 7.12 Å². The third-order valence-corrected chi connectivity index (χ3v) is 3.39. The Kier molecular flexibility index (Phi) is 5.12. The Morgan fingerprint density at radius 2 is 1.52 bits per heavy atom. The summed E-state index contributed by atoms with van der Waals surface area (Å²) in [7, 11) is -1.41. The van der Waals surface area contributed by atoms with Gasteiger partial charge in [-0.15, -0.1) is 0 Å². The fraction of sp³-hybridized carbons (Fsp3) is 0.0625. The largest absolute Gasteiger partial charge is 1.00 e. The maximum atomic E-state index is 9.07. The number of benzene rings is 2. The van der Waals surface area contributed by atoms with Crippen LogP contribution in [-0.4, -0.2) is 17.2 Å². The van der Waals surface area contributed by atoms with Crippen LogP contribution < -0.4 is 27.0 Å². The third kappa shape index (κ3) is 3.70. The molecule has 0 aliphatic rings. The van der Waals surface area contributed by atoms with Crippen molar-refractivity contribution in [2.75, 3.05) is 0 Å². The molecule has 2 aromatic carbocycles. The predicted octanol–water partition coefficient (Wildman–Crippen LogP) is -2.14. The van der Waals surface area contributed by atoms with Gasteiger partial charge in [-0.1, -0.05) is 42.5 Å². The lowest BCUT2D eigenvalue weighted by atomic mass is 9.80. The average molecular weight is 344 g/mol. The summed E-state index contributed by atoms with van der Waals surface area (Å²) in [5, 5.41) is 20.6. The number of fused-ring (bicyclic) bond motifs is 1. The Hall–Kier alpha value is -1.69. The van der Waals surface area contributed by atoms with Crippen molar-refractivity contribution < 1.29 is 31.6 Å². The SMILES string of the molecule is OB(O)c1ccc(C[n+]2ccc3ccccc3c2)cc1.[Br-]. The number of aromatic nitrogens is 1. The lowest BCUT2D eigenvalue weighted by Crippen LogP contribution is -3.00. The van der Waals surface area contributed by atoms with Crippen molar-refractivity contribution in [1.29, 1.82) is 0 Å². The van der Waals surface area contributed by atoms with E-state index in [0.29, 0.717) is 5.46 Å². The van der Waals surface area contributed by atoms with E-state index in [-0.39, 0.29) is 17.0 Å². The smallest absolute Gasteiger partial charge is 0.488 e. The van der Waals surface area contributed by atoms with Crippen LogP contribution in [0.4, 0.5) is 0 Å². The van der Waals surface area contributed by atoms with Crippen LogP contribution >= 0.6 is 0 Å². The summed E-state index contributed by atoms with van der Waals surface area (Å²) in [5.74, 6) is 0. The van der Waals surface area contributed by atoms with Crippen LogP contribution in [0.2, 0.25) is 0 Å². The monoisotopic (exact) mass is 343 g/mol. The number of rotatable bonds is 3. The van der Waals surface area contributed by atoms with E-state index in [0.717, 1.165) is 12.1 Å². The number of hydrogen-bond acceptors (Lipinski definition) is 2. The van der Waals surface area contributed by atoms with Crippen LogP contribution in [0.15, 0.2) is 67.0 Å². The third-order valence-electron chi connectivity index (χ3n) is 3.39. The van der Waals surface area contributed by atoms with Crippen molar-refractivity contribution in [1.82, 2.24) is 0 Å². The molecule has 0 saturated carbocycles. The maximum absolute atomic E-state index is 9.07. The van der Waals surface area contributed by atoms with Gasteiger partial charge in [0, 0.05) is 17.0 Å². The van der Waals surface area contributed by atoms with Gasteiger partial charge in [0.2, 0.25) is 0 Å². The van der Waals surface area contributed by atoms with Crippen molar-refractivity contribution in [2.45, 2.75) is 6.54 Å². The van der Waals surface area contributed by atoms with Gasteiger partial charge in [-0.25, -0.2) is 4.57 Å². The lowest BCUT2D eigenvalue weighted by molar-refractivity contribution is -0.687. The first-order valence-electron chi connectivity index (χ1n) is 6.55. The molecule has 0 unspecified atom stereocenters. The molecule has 3 nitrogen and oxygen atoms in total. The topological polar surface area (TPSA) is 44.3 Å². The number of hydrogen-bond donors (Lipinski definition) is 2. The molecular formula is C16H15BBrNO2. The minimum Gasteiger partial charge on any atom is -1.00 e. The Bertz CT molecular complexity index is 732. The van der Waals surface area contributed by atoms with E-state index in [1.807, 2.05) is 24.3 Å². The second kappa shape index (κ2) is 6.85. The molecule has 106 valence electrons. The Balaban J connectivity index is 0.00000161. The molecule has 0 fully saturated rings. The molecule has 0 aliphatic heterocycles. The second-order valence-corrected chi connectivity index (χ2v) is 4.86. The minimum atomic E-state index is -1.41. The molecule has 1 heterocycles. The van der Waals surface area contributed by atoms with Gasteiger partial charge in [-0.3, -0.25) is 0 Å². The first-order valence-corrected chi connectivity index (χ1v) is 6.55. The first kappa shape index (κ1) is 15.7. The van der Waals surface area contributed by atoms with E-state index in [9.17, 15) is 0 Å². The van der Waals surface area contributed by atoms with Crippen LogP contribution in [-0.2, 0) is 6.54 Å². The molecule has 0 atom stereocenters. The standard InChI is InChI=1S/C16H15BNO2.BrH/c19-17(20)16-7-5-13(6-8-16)11-18-10-9-14-3-1-2-4-15(14)12-18;/h1-10,12,19-20H,11H2;1H/q+1;/p-1. The van der Waals surface area contributed by atoms with E-state index in [4.69, 9.17) is 10.0 Å². The van der Waals surface area contributed by atoms with Crippen LogP contribution in [0.3, 0.4) is 0 Å². The van der Waals surface area contributed by atoms with Gasteiger partial charge in [-0.05, 0) is 16.9 Å².